The SMILES string of the molecule is C/C=C1/NCCN1/C(=C(\C)c1cccc(C)n1)c1ccc(SC)c(C(=O)OC)c1. The van der Waals surface area contributed by atoms with Gasteiger partial charge >= 0.3 is 5.97 Å². The topological polar surface area (TPSA) is 54.5 Å². The molecule has 1 aliphatic heterocycles. The second-order valence-electron chi connectivity index (χ2n) is 6.80. The molecule has 152 valence electrons. The van der Waals surface area contributed by atoms with Crippen LogP contribution in [-0.4, -0.2) is 42.3 Å². The van der Waals surface area contributed by atoms with Crippen LogP contribution in [0.25, 0.3) is 11.3 Å². The molecule has 0 amide bonds. The van der Waals surface area contributed by atoms with Crippen LogP contribution in [-0.2, 0) is 4.74 Å². The Bertz CT molecular complexity index is 982. The number of hydrogen-bond acceptors (Lipinski definition) is 6. The van der Waals surface area contributed by atoms with Gasteiger partial charge in [-0.3, -0.25) is 4.98 Å². The van der Waals surface area contributed by atoms with Crippen molar-refractivity contribution in [1.29, 1.82) is 0 Å². The van der Waals surface area contributed by atoms with E-state index in [1.165, 1.54) is 18.9 Å². The number of aryl methyl sites for hydroxylation is 1. The third kappa shape index (κ3) is 4.32. The molecule has 1 fully saturated rings. The Morgan fingerprint density at radius 1 is 1.31 bits per heavy atom. The number of hydrogen-bond donors (Lipinski definition) is 1. The Morgan fingerprint density at radius 3 is 2.76 bits per heavy atom. The number of ether oxygens (including phenoxy) is 1. The highest BCUT2D eigenvalue weighted by molar-refractivity contribution is 7.98. The minimum absolute atomic E-state index is 0.326. The van der Waals surface area contributed by atoms with E-state index < -0.39 is 0 Å². The van der Waals surface area contributed by atoms with Crippen LogP contribution in [0, 0.1) is 6.92 Å². The van der Waals surface area contributed by atoms with Crippen LogP contribution >= 0.6 is 11.8 Å². The summed E-state index contributed by atoms with van der Waals surface area (Å²) in [4.78, 5) is 20.3. The zero-order valence-electron chi connectivity index (χ0n) is 17.6. The summed E-state index contributed by atoms with van der Waals surface area (Å²) in [7, 11) is 1.42. The van der Waals surface area contributed by atoms with Gasteiger partial charge < -0.3 is 15.0 Å². The second-order valence-corrected chi connectivity index (χ2v) is 7.64. The molecule has 1 N–H and O–H groups in total. The number of thioether (sulfide) groups is 1. The van der Waals surface area contributed by atoms with Crippen LogP contribution in [0.1, 0.15) is 41.2 Å². The van der Waals surface area contributed by atoms with Gasteiger partial charge in [0.05, 0.1) is 24.1 Å². The molecule has 29 heavy (non-hydrogen) atoms. The maximum absolute atomic E-state index is 12.4. The van der Waals surface area contributed by atoms with Crippen molar-refractivity contribution in [3.8, 4) is 0 Å². The molecule has 0 unspecified atom stereocenters. The number of pyridine rings is 1. The average molecular weight is 410 g/mol. The smallest absolute Gasteiger partial charge is 0.339 e. The van der Waals surface area contributed by atoms with Crippen molar-refractivity contribution in [3.05, 3.63) is 70.8 Å². The summed E-state index contributed by atoms with van der Waals surface area (Å²) >= 11 is 1.54. The Labute approximate surface area is 176 Å². The van der Waals surface area contributed by atoms with Gasteiger partial charge in [0.25, 0.3) is 0 Å². The lowest BCUT2D eigenvalue weighted by molar-refractivity contribution is 0.0596. The summed E-state index contributed by atoms with van der Waals surface area (Å²) in [5.41, 5.74) is 5.54. The Morgan fingerprint density at radius 2 is 2.10 bits per heavy atom. The van der Waals surface area contributed by atoms with Gasteiger partial charge in [0.1, 0.15) is 5.82 Å². The quantitative estimate of drug-likeness (QED) is 0.577. The first-order valence-electron chi connectivity index (χ1n) is 9.59. The van der Waals surface area contributed by atoms with Gasteiger partial charge in [0, 0.05) is 23.7 Å². The molecule has 1 saturated heterocycles. The lowest BCUT2D eigenvalue weighted by Crippen LogP contribution is -2.20. The number of nitrogens with zero attached hydrogens (tertiary/aromatic N) is 2. The molecular weight excluding hydrogens is 382 g/mol. The van der Waals surface area contributed by atoms with Gasteiger partial charge in [-0.15, -0.1) is 11.8 Å². The summed E-state index contributed by atoms with van der Waals surface area (Å²) in [5.74, 6) is 0.730. The van der Waals surface area contributed by atoms with Gasteiger partial charge in [-0.1, -0.05) is 12.1 Å². The van der Waals surface area contributed by atoms with Crippen molar-refractivity contribution in [2.45, 2.75) is 25.7 Å². The highest BCUT2D eigenvalue weighted by Crippen LogP contribution is 2.34. The fraction of sp³-hybridized carbons (Fsp3) is 0.304. The predicted octanol–water partition coefficient (Wildman–Crippen LogP) is 4.55. The van der Waals surface area contributed by atoms with E-state index in [4.69, 9.17) is 9.72 Å². The molecule has 0 aliphatic carbocycles. The van der Waals surface area contributed by atoms with E-state index in [0.717, 1.165) is 52.0 Å². The molecule has 0 radical (unpaired) electrons. The Kier molecular flexibility index (Phi) is 6.64. The van der Waals surface area contributed by atoms with Crippen LogP contribution < -0.4 is 5.32 Å². The van der Waals surface area contributed by atoms with E-state index in [2.05, 4.69) is 29.3 Å². The number of nitrogens with one attached hydrogen (secondary N) is 1. The van der Waals surface area contributed by atoms with Crippen LogP contribution in [0.2, 0.25) is 0 Å². The third-order valence-electron chi connectivity index (χ3n) is 4.98. The summed E-state index contributed by atoms with van der Waals surface area (Å²) in [5, 5.41) is 3.43. The highest BCUT2D eigenvalue weighted by Gasteiger charge is 2.25. The molecule has 5 nitrogen and oxygen atoms in total. The van der Waals surface area contributed by atoms with Crippen molar-refractivity contribution in [3.63, 3.8) is 0 Å². The number of benzene rings is 1. The van der Waals surface area contributed by atoms with E-state index in [1.807, 2.05) is 50.4 Å². The molecule has 3 rings (SSSR count). The molecule has 1 aromatic heterocycles. The summed E-state index contributed by atoms with van der Waals surface area (Å²) in [6.45, 7) is 7.81. The van der Waals surface area contributed by atoms with E-state index in [-0.39, 0.29) is 5.97 Å². The zero-order chi connectivity index (χ0) is 21.0. The summed E-state index contributed by atoms with van der Waals surface area (Å²) < 4.78 is 5.02. The molecule has 1 aromatic carbocycles. The second kappa shape index (κ2) is 9.18. The van der Waals surface area contributed by atoms with E-state index >= 15 is 0 Å². The standard InChI is InChI=1S/C23H27N3O2S/c1-6-21-24-12-13-26(21)22(16(3)19-9-7-8-15(2)25-19)17-10-11-20(29-5)18(14-17)23(27)28-4/h6-11,14,24H,12-13H2,1-5H3/b21-6-,22-16+. The molecule has 0 saturated carbocycles. The maximum atomic E-state index is 12.4. The van der Waals surface area contributed by atoms with E-state index in [1.54, 1.807) is 0 Å². The largest absolute Gasteiger partial charge is 0.465 e. The molecule has 2 heterocycles. The molecule has 0 spiro atoms. The van der Waals surface area contributed by atoms with Crippen molar-refractivity contribution >= 4 is 29.0 Å². The molecule has 6 heteroatoms. The number of carbonyl (C=O) groups is 1. The minimum atomic E-state index is -0.326. The van der Waals surface area contributed by atoms with Gasteiger partial charge in [-0.05, 0) is 68.5 Å². The molecular formula is C23H27N3O2S. The minimum Gasteiger partial charge on any atom is -0.465 e. The van der Waals surface area contributed by atoms with Crippen LogP contribution in [0.4, 0.5) is 0 Å². The first-order valence-corrected chi connectivity index (χ1v) is 10.8. The number of esters is 1. The van der Waals surface area contributed by atoms with Crippen LogP contribution in [0.3, 0.4) is 0 Å². The van der Waals surface area contributed by atoms with Gasteiger partial charge in [0.2, 0.25) is 0 Å². The van der Waals surface area contributed by atoms with Crippen molar-refractivity contribution in [1.82, 2.24) is 15.2 Å². The van der Waals surface area contributed by atoms with Gasteiger partial charge in [-0.2, -0.15) is 0 Å². The Hall–Kier alpha value is -2.73. The van der Waals surface area contributed by atoms with Crippen molar-refractivity contribution in [2.24, 2.45) is 0 Å². The number of rotatable bonds is 5. The summed E-state index contributed by atoms with van der Waals surface area (Å²) in [6, 6.07) is 12.0. The molecule has 1 aliphatic rings. The third-order valence-corrected chi connectivity index (χ3v) is 5.78. The predicted molar refractivity (Wildman–Crippen MR) is 119 cm³/mol. The fourth-order valence-corrected chi connectivity index (χ4v) is 4.14. The number of methoxy groups -OCH3 is 1. The summed E-state index contributed by atoms with van der Waals surface area (Å²) in [6.07, 6.45) is 4.03. The van der Waals surface area contributed by atoms with Crippen LogP contribution in [0.5, 0.6) is 0 Å². The molecule has 0 atom stereocenters. The maximum Gasteiger partial charge on any atom is 0.339 e. The lowest BCUT2D eigenvalue weighted by atomic mass is 10.0. The first kappa shape index (κ1) is 21.0. The lowest BCUT2D eigenvalue weighted by Gasteiger charge is -2.26. The monoisotopic (exact) mass is 409 g/mol. The Balaban J connectivity index is 2.24. The molecule has 2 aromatic rings. The van der Waals surface area contributed by atoms with Gasteiger partial charge in [0.15, 0.2) is 0 Å². The van der Waals surface area contributed by atoms with Gasteiger partial charge in [-0.25, -0.2) is 4.79 Å². The number of carbonyl (C=O) groups excluding carboxylic acids is 1. The fourth-order valence-electron chi connectivity index (χ4n) is 3.57. The van der Waals surface area contributed by atoms with Crippen molar-refractivity contribution < 1.29 is 9.53 Å². The number of allylic oxidation sites excluding steroid dienone is 2. The van der Waals surface area contributed by atoms with Crippen LogP contribution in [0.15, 0.2) is 53.2 Å². The number of aromatic nitrogens is 1. The molecule has 0 bridgehead atoms. The zero-order valence-corrected chi connectivity index (χ0v) is 18.4. The highest BCUT2D eigenvalue weighted by atomic mass is 32.2. The average Bonchev–Trinajstić information content (AvgIpc) is 3.21. The normalized spacial score (nSPS) is 15.9. The first-order chi connectivity index (χ1) is 14.0. The van der Waals surface area contributed by atoms with E-state index in [0.29, 0.717) is 5.56 Å². The van der Waals surface area contributed by atoms with Crippen molar-refractivity contribution in [2.75, 3.05) is 26.5 Å². The van der Waals surface area contributed by atoms with E-state index in [9.17, 15) is 4.79 Å².